The van der Waals surface area contributed by atoms with Crippen molar-refractivity contribution in [2.75, 3.05) is 13.7 Å². The SMILES string of the molecule is COC(=O)c1ccc(S(=O)(=O)NC(=O)c2[nH]c3ccccc3c2CCCOc2cc(C)c(Cl)c(C)c2)o1. The van der Waals surface area contributed by atoms with E-state index in [-0.39, 0.29) is 11.5 Å². The first-order chi connectivity index (χ1) is 17.6. The molecule has 0 spiro atoms. The molecule has 0 atom stereocenters. The Morgan fingerprint density at radius 1 is 1.08 bits per heavy atom. The van der Waals surface area contributed by atoms with Crippen LogP contribution in [0.5, 0.6) is 5.75 Å². The van der Waals surface area contributed by atoms with Gasteiger partial charge in [0.1, 0.15) is 11.4 Å². The lowest BCUT2D eigenvalue weighted by molar-refractivity contribution is 0.0559. The molecule has 4 aromatic rings. The molecule has 11 heteroatoms. The number of H-pyrrole nitrogens is 1. The second kappa shape index (κ2) is 10.7. The molecule has 2 aromatic carbocycles. The number of amides is 1. The molecule has 2 heterocycles. The molecule has 0 aliphatic rings. The summed E-state index contributed by atoms with van der Waals surface area (Å²) in [6, 6.07) is 13.3. The van der Waals surface area contributed by atoms with E-state index in [1.165, 1.54) is 0 Å². The van der Waals surface area contributed by atoms with Crippen molar-refractivity contribution in [2.24, 2.45) is 0 Å². The van der Waals surface area contributed by atoms with Crippen molar-refractivity contribution in [3.05, 3.63) is 81.7 Å². The lowest BCUT2D eigenvalue weighted by Gasteiger charge is -2.10. The average Bonchev–Trinajstić information content (AvgIpc) is 3.51. The van der Waals surface area contributed by atoms with Crippen molar-refractivity contribution in [1.29, 1.82) is 0 Å². The molecule has 0 fully saturated rings. The van der Waals surface area contributed by atoms with Crippen molar-refractivity contribution in [1.82, 2.24) is 9.71 Å². The number of hydrogen-bond donors (Lipinski definition) is 2. The topological polar surface area (TPSA) is 128 Å². The van der Waals surface area contributed by atoms with Crippen molar-refractivity contribution >= 4 is 44.4 Å². The number of rotatable bonds is 9. The Hall–Kier alpha value is -3.76. The largest absolute Gasteiger partial charge is 0.494 e. The van der Waals surface area contributed by atoms with E-state index in [0.29, 0.717) is 41.3 Å². The van der Waals surface area contributed by atoms with Crippen molar-refractivity contribution in [3.63, 3.8) is 0 Å². The molecular weight excluding hydrogens is 520 g/mol. The van der Waals surface area contributed by atoms with E-state index in [9.17, 15) is 18.0 Å². The number of nitrogens with one attached hydrogen (secondary N) is 2. The number of esters is 1. The third kappa shape index (κ3) is 5.65. The molecule has 194 valence electrons. The van der Waals surface area contributed by atoms with Gasteiger partial charge in [0.2, 0.25) is 10.9 Å². The molecule has 9 nitrogen and oxygen atoms in total. The van der Waals surface area contributed by atoms with E-state index in [0.717, 1.165) is 35.8 Å². The Morgan fingerprint density at radius 2 is 1.78 bits per heavy atom. The highest BCUT2D eigenvalue weighted by molar-refractivity contribution is 7.90. The third-order valence-electron chi connectivity index (χ3n) is 5.75. The second-order valence-corrected chi connectivity index (χ2v) is 10.4. The maximum absolute atomic E-state index is 13.1. The van der Waals surface area contributed by atoms with Gasteiger partial charge in [0.15, 0.2) is 0 Å². The van der Waals surface area contributed by atoms with E-state index in [4.69, 9.17) is 20.8 Å². The number of para-hydroxylation sites is 1. The fourth-order valence-corrected chi connectivity index (χ4v) is 4.98. The maximum Gasteiger partial charge on any atom is 0.374 e. The van der Waals surface area contributed by atoms with Crippen LogP contribution in [-0.2, 0) is 21.2 Å². The van der Waals surface area contributed by atoms with Gasteiger partial charge in [0.05, 0.1) is 13.7 Å². The van der Waals surface area contributed by atoms with Gasteiger partial charge < -0.3 is 18.9 Å². The van der Waals surface area contributed by atoms with Gasteiger partial charge >= 0.3 is 5.97 Å². The number of ether oxygens (including phenoxy) is 2. The molecule has 0 aliphatic heterocycles. The second-order valence-electron chi connectivity index (χ2n) is 8.39. The molecule has 0 aliphatic carbocycles. The minimum atomic E-state index is -4.39. The molecule has 2 N–H and O–H groups in total. The van der Waals surface area contributed by atoms with E-state index in [2.05, 4.69) is 9.72 Å². The minimum absolute atomic E-state index is 0.114. The van der Waals surface area contributed by atoms with Crippen LogP contribution in [0.2, 0.25) is 5.02 Å². The van der Waals surface area contributed by atoms with Crippen LogP contribution in [0.3, 0.4) is 0 Å². The summed E-state index contributed by atoms with van der Waals surface area (Å²) in [5.41, 5.74) is 3.30. The van der Waals surface area contributed by atoms with Crippen LogP contribution >= 0.6 is 11.6 Å². The number of methoxy groups -OCH3 is 1. The van der Waals surface area contributed by atoms with Gasteiger partial charge in [-0.15, -0.1) is 0 Å². The zero-order valence-corrected chi connectivity index (χ0v) is 22.0. The lowest BCUT2D eigenvalue weighted by atomic mass is 10.1. The fourth-order valence-electron chi connectivity index (χ4n) is 3.98. The van der Waals surface area contributed by atoms with Crippen molar-refractivity contribution < 1.29 is 31.9 Å². The van der Waals surface area contributed by atoms with Crippen LogP contribution in [0.4, 0.5) is 0 Å². The highest BCUT2D eigenvalue weighted by Gasteiger charge is 2.27. The number of halogens is 1. The number of aromatic nitrogens is 1. The van der Waals surface area contributed by atoms with Crippen LogP contribution in [0.1, 0.15) is 44.2 Å². The van der Waals surface area contributed by atoms with Gasteiger partial charge in [-0.2, -0.15) is 8.42 Å². The summed E-state index contributed by atoms with van der Waals surface area (Å²) in [6.07, 6.45) is 1.02. The van der Waals surface area contributed by atoms with Crippen LogP contribution in [-0.4, -0.2) is 39.0 Å². The zero-order valence-electron chi connectivity index (χ0n) is 20.4. The number of sulfonamides is 1. The first-order valence-corrected chi connectivity index (χ1v) is 13.2. The average molecular weight is 545 g/mol. The van der Waals surface area contributed by atoms with Gasteiger partial charge in [-0.3, -0.25) is 4.79 Å². The van der Waals surface area contributed by atoms with Gasteiger partial charge in [-0.1, -0.05) is 29.8 Å². The molecule has 37 heavy (non-hydrogen) atoms. The van der Waals surface area contributed by atoms with E-state index >= 15 is 0 Å². The van der Waals surface area contributed by atoms with Crippen molar-refractivity contribution in [2.45, 2.75) is 31.8 Å². The lowest BCUT2D eigenvalue weighted by Crippen LogP contribution is -2.31. The molecule has 1 amide bonds. The van der Waals surface area contributed by atoms with Crippen molar-refractivity contribution in [3.8, 4) is 5.75 Å². The van der Waals surface area contributed by atoms with E-state index < -0.39 is 27.0 Å². The van der Waals surface area contributed by atoms with Gasteiger partial charge in [0, 0.05) is 15.9 Å². The summed E-state index contributed by atoms with van der Waals surface area (Å²) < 4.78 is 43.0. The molecule has 4 rings (SSSR count). The number of aryl methyl sites for hydroxylation is 3. The standard InChI is InChI=1S/C26H25ClN2O7S/c1-15-13-17(14-16(2)23(15)27)35-12-6-8-19-18-7-4-5-9-20(18)28-24(19)25(30)29-37(32,33)22-11-10-21(36-22)26(31)34-3/h4-5,7,9-11,13-14,28H,6,8,12H2,1-3H3,(H,29,30). The third-order valence-corrected chi connectivity index (χ3v) is 7.55. The molecule has 0 unspecified atom stereocenters. The molecule has 0 bridgehead atoms. The highest BCUT2D eigenvalue weighted by Crippen LogP contribution is 2.27. The predicted molar refractivity (Wildman–Crippen MR) is 138 cm³/mol. The highest BCUT2D eigenvalue weighted by atomic mass is 35.5. The molecule has 2 aromatic heterocycles. The van der Waals surface area contributed by atoms with Crippen LogP contribution < -0.4 is 9.46 Å². The Morgan fingerprint density at radius 3 is 2.49 bits per heavy atom. The molecule has 0 radical (unpaired) electrons. The first-order valence-electron chi connectivity index (χ1n) is 11.3. The summed E-state index contributed by atoms with van der Waals surface area (Å²) >= 11 is 6.22. The number of carbonyl (C=O) groups is 2. The number of hydrogen-bond acceptors (Lipinski definition) is 7. The minimum Gasteiger partial charge on any atom is -0.494 e. The summed E-state index contributed by atoms with van der Waals surface area (Å²) in [6.45, 7) is 4.19. The Balaban J connectivity index is 1.51. The van der Waals surface area contributed by atoms with Crippen LogP contribution in [0.15, 0.2) is 58.0 Å². The smallest absolute Gasteiger partial charge is 0.374 e. The number of fused-ring (bicyclic) bond motifs is 1. The first kappa shape index (κ1) is 26.3. The summed E-state index contributed by atoms with van der Waals surface area (Å²) in [5.74, 6) is -1.29. The normalized spacial score (nSPS) is 11.5. The predicted octanol–water partition coefficient (Wildman–Crippen LogP) is 4.95. The van der Waals surface area contributed by atoms with Gasteiger partial charge in [0.25, 0.3) is 15.9 Å². The number of aromatic amines is 1. The summed E-state index contributed by atoms with van der Waals surface area (Å²) in [4.78, 5) is 27.7. The summed E-state index contributed by atoms with van der Waals surface area (Å²) in [7, 11) is -3.25. The Bertz CT molecular complexity index is 1560. The van der Waals surface area contributed by atoms with Crippen LogP contribution in [0.25, 0.3) is 10.9 Å². The van der Waals surface area contributed by atoms with Crippen LogP contribution in [0, 0.1) is 13.8 Å². The molecular formula is C26H25ClN2O7S. The fraction of sp³-hybridized carbons (Fsp3) is 0.231. The molecule has 0 saturated heterocycles. The van der Waals surface area contributed by atoms with Gasteiger partial charge in [-0.05, 0) is 73.7 Å². The Labute approximate surface area is 218 Å². The van der Waals surface area contributed by atoms with E-state index in [1.54, 1.807) is 6.07 Å². The molecule has 0 saturated carbocycles. The quantitative estimate of drug-likeness (QED) is 0.225. The Kier molecular flexibility index (Phi) is 7.60. The summed E-state index contributed by atoms with van der Waals surface area (Å²) in [5, 5.41) is 0.919. The van der Waals surface area contributed by atoms with E-state index in [1.807, 2.05) is 48.9 Å². The van der Waals surface area contributed by atoms with Gasteiger partial charge in [-0.25, -0.2) is 9.52 Å². The number of furan rings is 1. The number of benzene rings is 2. The number of carbonyl (C=O) groups excluding carboxylic acids is 2. The maximum atomic E-state index is 13.1. The monoisotopic (exact) mass is 544 g/mol. The zero-order chi connectivity index (χ0) is 26.7.